The van der Waals surface area contributed by atoms with Crippen LogP contribution in [0.3, 0.4) is 0 Å². The summed E-state index contributed by atoms with van der Waals surface area (Å²) < 4.78 is 32.9. The Labute approximate surface area is 152 Å². The first-order valence-electron chi connectivity index (χ1n) is 8.32. The van der Waals surface area contributed by atoms with Crippen molar-refractivity contribution in [2.24, 2.45) is 5.92 Å². The molecule has 1 aromatic carbocycles. The molecule has 0 amide bonds. The Kier molecular flexibility index (Phi) is 8.50. The molecule has 0 bridgehead atoms. The fraction of sp³-hybridized carbons (Fsp3) is 0.647. The van der Waals surface area contributed by atoms with Gasteiger partial charge in [-0.2, -0.15) is 4.31 Å². The minimum Gasteiger partial charge on any atom is -0.496 e. The lowest BCUT2D eigenvalue weighted by atomic mass is 10.0. The van der Waals surface area contributed by atoms with Crippen LogP contribution in [0.25, 0.3) is 0 Å². The van der Waals surface area contributed by atoms with Crippen molar-refractivity contribution in [1.29, 1.82) is 0 Å². The maximum absolute atomic E-state index is 12.9. The van der Waals surface area contributed by atoms with Gasteiger partial charge in [0, 0.05) is 25.2 Å². The molecule has 2 unspecified atom stereocenters. The Hall–Kier alpha value is -0.820. The van der Waals surface area contributed by atoms with E-state index < -0.39 is 10.0 Å². The van der Waals surface area contributed by atoms with Crippen LogP contribution in [-0.4, -0.2) is 45.2 Å². The van der Waals surface area contributed by atoms with Crippen molar-refractivity contribution in [3.63, 3.8) is 0 Å². The smallest absolute Gasteiger partial charge is 0.215 e. The van der Waals surface area contributed by atoms with Crippen LogP contribution in [0.2, 0.25) is 0 Å². The zero-order valence-corrected chi connectivity index (χ0v) is 16.3. The van der Waals surface area contributed by atoms with Crippen LogP contribution in [0.15, 0.2) is 24.3 Å². The Balaban J connectivity index is 0.00000288. The number of piperazine rings is 1. The lowest BCUT2D eigenvalue weighted by molar-refractivity contribution is 0.263. The molecule has 2 rings (SSSR count). The number of sulfonamides is 1. The summed E-state index contributed by atoms with van der Waals surface area (Å²) in [5.74, 6) is 1.13. The number of para-hydroxylation sites is 1. The third kappa shape index (κ3) is 5.09. The third-order valence-electron chi connectivity index (χ3n) is 4.33. The molecule has 0 radical (unpaired) electrons. The van der Waals surface area contributed by atoms with Gasteiger partial charge in [0.05, 0.1) is 18.9 Å². The molecular weight excluding hydrogens is 348 g/mol. The van der Waals surface area contributed by atoms with Gasteiger partial charge in [0.25, 0.3) is 0 Å². The molecule has 0 saturated carbocycles. The highest BCUT2D eigenvalue weighted by molar-refractivity contribution is 7.89. The Bertz CT molecular complexity index is 610. The molecular formula is C17H29ClN2O3S. The zero-order chi connectivity index (χ0) is 16.9. The fourth-order valence-electron chi connectivity index (χ4n) is 3.26. The van der Waals surface area contributed by atoms with E-state index in [1.165, 1.54) is 0 Å². The van der Waals surface area contributed by atoms with Crippen LogP contribution in [-0.2, 0) is 10.0 Å². The van der Waals surface area contributed by atoms with E-state index in [2.05, 4.69) is 12.2 Å². The van der Waals surface area contributed by atoms with Gasteiger partial charge in [-0.3, -0.25) is 0 Å². The predicted molar refractivity (Wildman–Crippen MR) is 100 cm³/mol. The molecule has 7 heteroatoms. The number of methoxy groups -OCH3 is 1. The molecule has 1 saturated heterocycles. The number of nitrogens with zero attached hydrogens (tertiary/aromatic N) is 1. The van der Waals surface area contributed by atoms with Gasteiger partial charge in [-0.1, -0.05) is 38.5 Å². The van der Waals surface area contributed by atoms with E-state index in [4.69, 9.17) is 4.74 Å². The summed E-state index contributed by atoms with van der Waals surface area (Å²) in [6.45, 7) is 5.91. The highest BCUT2D eigenvalue weighted by atomic mass is 35.5. The van der Waals surface area contributed by atoms with Crippen molar-refractivity contribution in [3.8, 4) is 5.75 Å². The fourth-order valence-corrected chi connectivity index (χ4v) is 5.28. The van der Waals surface area contributed by atoms with Gasteiger partial charge >= 0.3 is 0 Å². The van der Waals surface area contributed by atoms with E-state index in [1.54, 1.807) is 11.4 Å². The van der Waals surface area contributed by atoms with E-state index in [9.17, 15) is 8.42 Å². The molecule has 138 valence electrons. The minimum atomic E-state index is -3.29. The number of rotatable bonds is 7. The molecule has 0 spiro atoms. The molecule has 2 atom stereocenters. The average Bonchev–Trinajstić information content (AvgIpc) is 2.54. The predicted octanol–water partition coefficient (Wildman–Crippen LogP) is 2.83. The number of nitrogens with one attached hydrogen (secondary N) is 1. The summed E-state index contributed by atoms with van der Waals surface area (Å²) >= 11 is 0. The largest absolute Gasteiger partial charge is 0.496 e. The maximum atomic E-state index is 12.9. The van der Waals surface area contributed by atoms with Gasteiger partial charge in [0.2, 0.25) is 10.0 Å². The van der Waals surface area contributed by atoms with Crippen LogP contribution < -0.4 is 10.1 Å². The number of benzene rings is 1. The molecule has 5 nitrogen and oxygen atoms in total. The van der Waals surface area contributed by atoms with Crippen molar-refractivity contribution in [3.05, 3.63) is 29.8 Å². The average molecular weight is 377 g/mol. The van der Waals surface area contributed by atoms with E-state index in [-0.39, 0.29) is 30.1 Å². The second-order valence-electron chi connectivity index (χ2n) is 6.24. The Morgan fingerprint density at radius 2 is 2.08 bits per heavy atom. The molecule has 1 aliphatic heterocycles. The van der Waals surface area contributed by atoms with Crippen LogP contribution in [0.4, 0.5) is 0 Å². The quantitative estimate of drug-likeness (QED) is 0.794. The SMILES string of the molecule is CCCC(C)CS(=O)(=O)N1CCNCC1c1ccccc1OC.Cl. The second kappa shape index (κ2) is 9.61. The highest BCUT2D eigenvalue weighted by Gasteiger charge is 2.35. The number of hydrogen-bond acceptors (Lipinski definition) is 4. The summed E-state index contributed by atoms with van der Waals surface area (Å²) in [4.78, 5) is 0. The number of halogens is 1. The van der Waals surface area contributed by atoms with E-state index in [0.29, 0.717) is 19.6 Å². The second-order valence-corrected chi connectivity index (χ2v) is 8.21. The van der Waals surface area contributed by atoms with Gasteiger partial charge in [-0.25, -0.2) is 8.42 Å². The summed E-state index contributed by atoms with van der Waals surface area (Å²) in [5.41, 5.74) is 0.925. The summed E-state index contributed by atoms with van der Waals surface area (Å²) in [6, 6.07) is 7.46. The third-order valence-corrected chi connectivity index (χ3v) is 6.47. The molecule has 1 aliphatic rings. The van der Waals surface area contributed by atoms with Crippen molar-refractivity contribution >= 4 is 22.4 Å². The normalized spacial score (nSPS) is 20.2. The van der Waals surface area contributed by atoms with Crippen molar-refractivity contribution in [1.82, 2.24) is 9.62 Å². The maximum Gasteiger partial charge on any atom is 0.215 e. The van der Waals surface area contributed by atoms with Gasteiger partial charge in [0.1, 0.15) is 5.75 Å². The Morgan fingerprint density at radius 3 is 2.75 bits per heavy atom. The standard InChI is InChI=1S/C17H28N2O3S.ClH/c1-4-7-14(2)13-23(20,21)19-11-10-18-12-16(19)15-8-5-6-9-17(15)22-3;/h5-6,8-9,14,16,18H,4,7,10-13H2,1-3H3;1H. The van der Waals surface area contributed by atoms with Gasteiger partial charge < -0.3 is 10.1 Å². The van der Waals surface area contributed by atoms with Crippen LogP contribution in [0.5, 0.6) is 5.75 Å². The summed E-state index contributed by atoms with van der Waals surface area (Å²) in [7, 11) is -1.67. The lowest BCUT2D eigenvalue weighted by Gasteiger charge is -2.36. The Morgan fingerprint density at radius 1 is 1.38 bits per heavy atom. The van der Waals surface area contributed by atoms with E-state index in [0.717, 1.165) is 24.2 Å². The summed E-state index contributed by atoms with van der Waals surface area (Å²) in [6.07, 6.45) is 1.94. The number of ether oxygens (including phenoxy) is 1. The first kappa shape index (κ1) is 21.2. The van der Waals surface area contributed by atoms with Crippen LogP contribution in [0, 0.1) is 5.92 Å². The highest BCUT2D eigenvalue weighted by Crippen LogP contribution is 2.32. The molecule has 0 aliphatic carbocycles. The van der Waals surface area contributed by atoms with Crippen LogP contribution >= 0.6 is 12.4 Å². The zero-order valence-electron chi connectivity index (χ0n) is 14.7. The first-order valence-corrected chi connectivity index (χ1v) is 9.93. The monoisotopic (exact) mass is 376 g/mol. The molecule has 24 heavy (non-hydrogen) atoms. The molecule has 1 aromatic rings. The van der Waals surface area contributed by atoms with Gasteiger partial charge in [0.15, 0.2) is 0 Å². The molecule has 0 aromatic heterocycles. The first-order chi connectivity index (χ1) is 11.0. The van der Waals surface area contributed by atoms with Crippen molar-refractivity contribution in [2.75, 3.05) is 32.5 Å². The number of hydrogen-bond donors (Lipinski definition) is 1. The molecule has 1 N–H and O–H groups in total. The van der Waals surface area contributed by atoms with E-state index >= 15 is 0 Å². The van der Waals surface area contributed by atoms with Crippen molar-refractivity contribution in [2.45, 2.75) is 32.7 Å². The topological polar surface area (TPSA) is 58.6 Å². The molecule has 1 heterocycles. The van der Waals surface area contributed by atoms with E-state index in [1.807, 2.05) is 31.2 Å². The van der Waals surface area contributed by atoms with Crippen molar-refractivity contribution < 1.29 is 13.2 Å². The van der Waals surface area contributed by atoms with Crippen LogP contribution in [0.1, 0.15) is 38.3 Å². The van der Waals surface area contributed by atoms with Gasteiger partial charge in [-0.05, 0) is 18.4 Å². The summed E-state index contributed by atoms with van der Waals surface area (Å²) in [5, 5.41) is 3.30. The van der Waals surface area contributed by atoms with Gasteiger partial charge in [-0.15, -0.1) is 12.4 Å². The lowest BCUT2D eigenvalue weighted by Crippen LogP contribution is -2.49. The molecule has 1 fully saturated rings. The minimum absolute atomic E-state index is 0.